The Kier molecular flexibility index (Phi) is 5.67. The average molecular weight is 316 g/mol. The van der Waals surface area contributed by atoms with Gasteiger partial charge in [-0.15, -0.1) is 0 Å². The van der Waals surface area contributed by atoms with Gasteiger partial charge in [-0.2, -0.15) is 0 Å². The Morgan fingerprint density at radius 2 is 1.91 bits per heavy atom. The van der Waals surface area contributed by atoms with Crippen molar-refractivity contribution in [2.75, 3.05) is 12.0 Å². The molecule has 22 heavy (non-hydrogen) atoms. The van der Waals surface area contributed by atoms with E-state index in [-0.39, 0.29) is 5.69 Å². The molecule has 0 aliphatic carbocycles. The molecule has 3 N–H and O–H groups in total. The zero-order chi connectivity index (χ0) is 15.8. The maximum absolute atomic E-state index is 10.7. The second-order valence-corrected chi connectivity index (χ2v) is 4.96. The maximum atomic E-state index is 10.7. The highest BCUT2D eigenvalue weighted by Gasteiger charge is 2.05. The van der Waals surface area contributed by atoms with Crippen LogP contribution in [-0.2, 0) is 6.42 Å². The van der Waals surface area contributed by atoms with Crippen LogP contribution in [0.3, 0.4) is 0 Å². The summed E-state index contributed by atoms with van der Waals surface area (Å²) in [6.45, 7) is 0.701. The van der Waals surface area contributed by atoms with E-state index in [0.29, 0.717) is 17.3 Å². The zero-order valence-electron chi connectivity index (χ0n) is 11.8. The molecule has 0 aliphatic heterocycles. The second-order valence-electron chi connectivity index (χ2n) is 4.55. The fraction of sp³-hybridized carbons (Fsp3) is 0.133. The minimum Gasteiger partial charge on any atom is -0.361 e. The van der Waals surface area contributed by atoms with Crippen molar-refractivity contribution < 1.29 is 4.92 Å². The molecule has 0 atom stereocenters. The van der Waals surface area contributed by atoms with E-state index in [1.807, 2.05) is 18.2 Å². The Morgan fingerprint density at radius 3 is 2.64 bits per heavy atom. The maximum Gasteiger partial charge on any atom is 0.271 e. The number of nitrogens with one attached hydrogen (secondary N) is 3. The monoisotopic (exact) mass is 316 g/mol. The number of hydrogen-bond acceptors (Lipinski definition) is 4. The topological polar surface area (TPSA) is 79.2 Å². The van der Waals surface area contributed by atoms with Gasteiger partial charge in [0.05, 0.1) is 10.6 Å². The van der Waals surface area contributed by atoms with E-state index in [1.165, 1.54) is 17.7 Å². The summed E-state index contributed by atoms with van der Waals surface area (Å²) in [6, 6.07) is 16.3. The summed E-state index contributed by atoms with van der Waals surface area (Å²) in [4.78, 5) is 10.2. The number of nitro benzene ring substituents is 1. The molecule has 0 heterocycles. The van der Waals surface area contributed by atoms with E-state index in [4.69, 9.17) is 12.2 Å². The Labute approximate surface area is 133 Å². The number of non-ortho nitro benzene ring substituents is 1. The lowest BCUT2D eigenvalue weighted by Gasteiger charge is -2.12. The van der Waals surface area contributed by atoms with Crippen molar-refractivity contribution in [3.8, 4) is 0 Å². The number of benzene rings is 2. The minimum absolute atomic E-state index is 0.0229. The van der Waals surface area contributed by atoms with Gasteiger partial charge in [-0.05, 0) is 30.3 Å². The first-order valence-corrected chi connectivity index (χ1v) is 7.14. The summed E-state index contributed by atoms with van der Waals surface area (Å²) >= 11 is 5.13. The number of rotatable bonds is 6. The predicted octanol–water partition coefficient (Wildman–Crippen LogP) is 2.63. The molecular weight excluding hydrogens is 300 g/mol. The molecule has 7 heteroatoms. The fourth-order valence-electron chi connectivity index (χ4n) is 1.84. The van der Waals surface area contributed by atoms with Gasteiger partial charge in [0.15, 0.2) is 5.11 Å². The molecule has 114 valence electrons. The van der Waals surface area contributed by atoms with Crippen molar-refractivity contribution >= 4 is 28.7 Å². The van der Waals surface area contributed by atoms with Crippen LogP contribution in [0.5, 0.6) is 0 Å². The number of hydrazine groups is 1. The first-order chi connectivity index (χ1) is 10.6. The number of thiocarbonyl (C=S) groups is 1. The van der Waals surface area contributed by atoms with E-state index >= 15 is 0 Å². The zero-order valence-corrected chi connectivity index (χ0v) is 12.6. The molecule has 2 aromatic rings. The Hall–Kier alpha value is -2.67. The van der Waals surface area contributed by atoms with E-state index in [1.54, 1.807) is 12.1 Å². The van der Waals surface area contributed by atoms with Gasteiger partial charge in [0.2, 0.25) is 0 Å². The van der Waals surface area contributed by atoms with E-state index < -0.39 is 4.92 Å². The quantitative estimate of drug-likeness (QED) is 0.432. The summed E-state index contributed by atoms with van der Waals surface area (Å²) in [6.07, 6.45) is 0.861. The molecular formula is C15H16N4O2S. The van der Waals surface area contributed by atoms with E-state index in [9.17, 15) is 10.1 Å². The SMILES string of the molecule is O=[N+]([O-])c1cccc(NNC(=S)NCCc2ccccc2)c1. The third-order valence-electron chi connectivity index (χ3n) is 2.92. The molecule has 2 aromatic carbocycles. The molecule has 0 aromatic heterocycles. The van der Waals surface area contributed by atoms with Gasteiger partial charge in [0.1, 0.15) is 0 Å². The molecule has 0 bridgehead atoms. The molecule has 0 saturated heterocycles. The standard InChI is InChI=1S/C15H16N4O2S/c20-19(21)14-8-4-7-13(11-14)17-18-15(22)16-10-9-12-5-2-1-3-6-12/h1-8,11,17H,9-10H2,(H2,16,18,22). The van der Waals surface area contributed by atoms with Crippen LogP contribution < -0.4 is 16.2 Å². The first kappa shape index (κ1) is 15.7. The largest absolute Gasteiger partial charge is 0.361 e. The van der Waals surface area contributed by atoms with Crippen LogP contribution in [0.15, 0.2) is 54.6 Å². The summed E-state index contributed by atoms with van der Waals surface area (Å²) in [5.74, 6) is 0. The highest BCUT2D eigenvalue weighted by Crippen LogP contribution is 2.15. The Balaban J connectivity index is 1.73. The summed E-state index contributed by atoms with van der Waals surface area (Å²) in [5, 5.41) is 14.2. The molecule has 0 unspecified atom stereocenters. The molecule has 2 rings (SSSR count). The number of nitrogens with zero attached hydrogens (tertiary/aromatic N) is 1. The molecule has 0 fully saturated rings. The number of hydrogen-bond donors (Lipinski definition) is 3. The fourth-order valence-corrected chi connectivity index (χ4v) is 1.99. The van der Waals surface area contributed by atoms with Crippen molar-refractivity contribution in [3.63, 3.8) is 0 Å². The van der Waals surface area contributed by atoms with E-state index in [2.05, 4.69) is 28.3 Å². The number of anilines is 1. The average Bonchev–Trinajstić information content (AvgIpc) is 2.54. The van der Waals surface area contributed by atoms with Crippen molar-refractivity contribution in [1.29, 1.82) is 0 Å². The highest BCUT2D eigenvalue weighted by molar-refractivity contribution is 7.80. The Morgan fingerprint density at radius 1 is 1.14 bits per heavy atom. The molecule has 0 spiro atoms. The molecule has 0 aliphatic rings. The van der Waals surface area contributed by atoms with Gasteiger partial charge >= 0.3 is 0 Å². The van der Waals surface area contributed by atoms with Crippen LogP contribution in [0.4, 0.5) is 11.4 Å². The van der Waals surface area contributed by atoms with Crippen LogP contribution in [0.1, 0.15) is 5.56 Å². The van der Waals surface area contributed by atoms with Crippen LogP contribution in [0.25, 0.3) is 0 Å². The van der Waals surface area contributed by atoms with Crippen LogP contribution in [0.2, 0.25) is 0 Å². The minimum atomic E-state index is -0.443. The van der Waals surface area contributed by atoms with Gasteiger partial charge in [-0.3, -0.25) is 21.0 Å². The molecule has 0 amide bonds. The highest BCUT2D eigenvalue weighted by atomic mass is 32.1. The first-order valence-electron chi connectivity index (χ1n) is 6.73. The van der Waals surface area contributed by atoms with Crippen molar-refractivity contribution in [2.45, 2.75) is 6.42 Å². The predicted molar refractivity (Wildman–Crippen MR) is 90.6 cm³/mol. The molecule has 0 saturated carbocycles. The van der Waals surface area contributed by atoms with Gasteiger partial charge in [-0.25, -0.2) is 0 Å². The second kappa shape index (κ2) is 7.94. The summed E-state index contributed by atoms with van der Waals surface area (Å²) in [5.41, 5.74) is 7.45. The van der Waals surface area contributed by atoms with Crippen molar-refractivity contribution in [1.82, 2.24) is 10.7 Å². The van der Waals surface area contributed by atoms with Gasteiger partial charge in [0, 0.05) is 18.7 Å². The lowest BCUT2D eigenvalue weighted by atomic mass is 10.1. The third kappa shape index (κ3) is 5.02. The normalized spacial score (nSPS) is 9.82. The Bertz CT molecular complexity index is 649. The summed E-state index contributed by atoms with van der Waals surface area (Å²) < 4.78 is 0. The third-order valence-corrected chi connectivity index (χ3v) is 3.17. The van der Waals surface area contributed by atoms with Crippen molar-refractivity contribution in [3.05, 3.63) is 70.3 Å². The molecule has 6 nitrogen and oxygen atoms in total. The molecule has 0 radical (unpaired) electrons. The van der Waals surface area contributed by atoms with Gasteiger partial charge in [0.25, 0.3) is 5.69 Å². The van der Waals surface area contributed by atoms with Crippen LogP contribution >= 0.6 is 12.2 Å². The van der Waals surface area contributed by atoms with Crippen molar-refractivity contribution in [2.24, 2.45) is 0 Å². The van der Waals surface area contributed by atoms with Gasteiger partial charge < -0.3 is 5.32 Å². The van der Waals surface area contributed by atoms with Crippen LogP contribution in [0, 0.1) is 10.1 Å². The smallest absolute Gasteiger partial charge is 0.271 e. The summed E-state index contributed by atoms with van der Waals surface area (Å²) in [7, 11) is 0. The number of nitro groups is 1. The lowest BCUT2D eigenvalue weighted by Crippen LogP contribution is -2.39. The lowest BCUT2D eigenvalue weighted by molar-refractivity contribution is -0.384. The van der Waals surface area contributed by atoms with Crippen LogP contribution in [-0.4, -0.2) is 16.6 Å². The van der Waals surface area contributed by atoms with E-state index in [0.717, 1.165) is 6.42 Å². The van der Waals surface area contributed by atoms with Gasteiger partial charge in [-0.1, -0.05) is 36.4 Å².